The van der Waals surface area contributed by atoms with Crippen molar-refractivity contribution < 1.29 is 18.7 Å². The Morgan fingerprint density at radius 1 is 1.29 bits per heavy atom. The van der Waals surface area contributed by atoms with Crippen LogP contribution in [0.3, 0.4) is 0 Å². The summed E-state index contributed by atoms with van der Waals surface area (Å²) >= 11 is 0. The number of hydrogen-bond acceptors (Lipinski definition) is 4. The number of pyridine rings is 1. The first kappa shape index (κ1) is 20.1. The average molecular weight is 386 g/mol. The van der Waals surface area contributed by atoms with Crippen LogP contribution in [-0.2, 0) is 0 Å². The maximum absolute atomic E-state index is 14.4. The Kier molecular flexibility index (Phi) is 6.49. The molecule has 150 valence electrons. The zero-order valence-electron chi connectivity index (χ0n) is 16.7. The largest absolute Gasteiger partial charge is 0.496 e. The molecule has 28 heavy (non-hydrogen) atoms. The Hall–Kier alpha value is -2.63. The molecule has 2 heterocycles. The van der Waals surface area contributed by atoms with E-state index in [1.807, 2.05) is 26.1 Å². The van der Waals surface area contributed by atoms with E-state index in [-0.39, 0.29) is 17.4 Å². The lowest BCUT2D eigenvalue weighted by atomic mass is 9.89. The molecule has 2 aromatic rings. The maximum atomic E-state index is 14.4. The fourth-order valence-electron chi connectivity index (χ4n) is 3.57. The van der Waals surface area contributed by atoms with Crippen LogP contribution in [0.15, 0.2) is 30.5 Å². The van der Waals surface area contributed by atoms with Crippen LogP contribution in [0.2, 0.25) is 0 Å². The van der Waals surface area contributed by atoms with Crippen molar-refractivity contribution in [2.24, 2.45) is 0 Å². The molecule has 3 rings (SSSR count). The van der Waals surface area contributed by atoms with Crippen molar-refractivity contribution >= 4 is 5.91 Å². The molecule has 1 aliphatic rings. The highest BCUT2D eigenvalue weighted by molar-refractivity contribution is 5.94. The SMILES string of the molecule is CCCOc1ccc(C(=O)N2CCC(c3cnc(C)cc3OC)CC2)c(F)c1. The molecule has 5 nitrogen and oxygen atoms in total. The molecule has 0 N–H and O–H groups in total. The van der Waals surface area contributed by atoms with Crippen LogP contribution in [0.5, 0.6) is 11.5 Å². The van der Waals surface area contributed by atoms with Gasteiger partial charge in [-0.3, -0.25) is 9.78 Å². The first-order valence-electron chi connectivity index (χ1n) is 9.75. The molecule has 1 amide bonds. The number of methoxy groups -OCH3 is 1. The van der Waals surface area contributed by atoms with Crippen molar-refractivity contribution in [1.29, 1.82) is 0 Å². The standard InChI is InChI=1S/C22H27FN2O3/c1-4-11-28-17-5-6-18(20(23)13-17)22(26)25-9-7-16(8-10-25)19-14-24-15(2)12-21(19)27-3/h5-6,12-14,16H,4,7-11H2,1-3H3. The van der Waals surface area contributed by atoms with Gasteiger partial charge in [0, 0.05) is 42.7 Å². The molecule has 1 aliphatic heterocycles. The van der Waals surface area contributed by atoms with Gasteiger partial charge in [0.15, 0.2) is 0 Å². The summed E-state index contributed by atoms with van der Waals surface area (Å²) in [5.74, 6) is 0.762. The number of ether oxygens (including phenoxy) is 2. The molecule has 0 spiro atoms. The predicted octanol–water partition coefficient (Wildman–Crippen LogP) is 4.35. The molecular weight excluding hydrogens is 359 g/mol. The lowest BCUT2D eigenvalue weighted by Crippen LogP contribution is -2.38. The first-order valence-corrected chi connectivity index (χ1v) is 9.75. The van der Waals surface area contributed by atoms with Crippen molar-refractivity contribution in [2.45, 2.75) is 39.0 Å². The third-order valence-corrected chi connectivity index (χ3v) is 5.12. The molecule has 1 saturated heterocycles. The number of nitrogens with zero attached hydrogens (tertiary/aromatic N) is 2. The average Bonchev–Trinajstić information content (AvgIpc) is 2.72. The van der Waals surface area contributed by atoms with Crippen molar-refractivity contribution in [1.82, 2.24) is 9.88 Å². The quantitative estimate of drug-likeness (QED) is 0.741. The molecular formula is C22H27FN2O3. The number of benzene rings is 1. The molecule has 0 aliphatic carbocycles. The van der Waals surface area contributed by atoms with E-state index in [1.165, 1.54) is 12.1 Å². The Morgan fingerprint density at radius 3 is 2.68 bits per heavy atom. The third-order valence-electron chi connectivity index (χ3n) is 5.12. The summed E-state index contributed by atoms with van der Waals surface area (Å²) in [6.07, 6.45) is 4.31. The summed E-state index contributed by atoms with van der Waals surface area (Å²) in [7, 11) is 1.66. The van der Waals surface area contributed by atoms with Crippen LogP contribution < -0.4 is 9.47 Å². The number of aryl methyl sites for hydroxylation is 1. The van der Waals surface area contributed by atoms with Gasteiger partial charge in [-0.15, -0.1) is 0 Å². The summed E-state index contributed by atoms with van der Waals surface area (Å²) in [4.78, 5) is 18.9. The Bertz CT molecular complexity index is 833. The highest BCUT2D eigenvalue weighted by Gasteiger charge is 2.28. The van der Waals surface area contributed by atoms with Gasteiger partial charge in [0.05, 0.1) is 19.3 Å². The molecule has 0 bridgehead atoms. The summed E-state index contributed by atoms with van der Waals surface area (Å²) in [5.41, 5.74) is 2.08. The summed E-state index contributed by atoms with van der Waals surface area (Å²) in [5, 5.41) is 0. The molecule has 6 heteroatoms. The minimum atomic E-state index is -0.537. The maximum Gasteiger partial charge on any atom is 0.256 e. The minimum Gasteiger partial charge on any atom is -0.496 e. The first-order chi connectivity index (χ1) is 13.5. The number of rotatable bonds is 6. The summed E-state index contributed by atoms with van der Waals surface area (Å²) < 4.78 is 25.3. The molecule has 1 aromatic heterocycles. The Labute approximate surface area is 165 Å². The number of carbonyl (C=O) groups is 1. The lowest BCUT2D eigenvalue weighted by molar-refractivity contribution is 0.0707. The number of carbonyl (C=O) groups excluding carboxylic acids is 1. The van der Waals surface area contributed by atoms with Gasteiger partial charge in [-0.2, -0.15) is 0 Å². The molecule has 1 fully saturated rings. The topological polar surface area (TPSA) is 51.7 Å². The van der Waals surface area contributed by atoms with E-state index in [4.69, 9.17) is 9.47 Å². The van der Waals surface area contributed by atoms with E-state index in [9.17, 15) is 9.18 Å². The van der Waals surface area contributed by atoms with E-state index in [2.05, 4.69) is 4.98 Å². The van der Waals surface area contributed by atoms with E-state index >= 15 is 0 Å². The van der Waals surface area contributed by atoms with Gasteiger partial charge in [0.2, 0.25) is 0 Å². The fourth-order valence-corrected chi connectivity index (χ4v) is 3.57. The number of aromatic nitrogens is 1. The lowest BCUT2D eigenvalue weighted by Gasteiger charge is -2.32. The van der Waals surface area contributed by atoms with E-state index in [0.29, 0.717) is 25.4 Å². The van der Waals surface area contributed by atoms with Crippen molar-refractivity contribution in [3.05, 3.63) is 53.1 Å². The summed E-state index contributed by atoms with van der Waals surface area (Å²) in [6, 6.07) is 6.39. The molecule has 0 saturated carbocycles. The summed E-state index contributed by atoms with van der Waals surface area (Å²) in [6.45, 7) is 5.60. The zero-order valence-corrected chi connectivity index (χ0v) is 16.7. The highest BCUT2D eigenvalue weighted by atomic mass is 19.1. The third kappa shape index (κ3) is 4.43. The van der Waals surface area contributed by atoms with Crippen LogP contribution in [0.25, 0.3) is 0 Å². The minimum absolute atomic E-state index is 0.0943. The number of piperidine rings is 1. The second kappa shape index (κ2) is 9.04. The van der Waals surface area contributed by atoms with Gasteiger partial charge in [0.25, 0.3) is 5.91 Å². The van der Waals surface area contributed by atoms with Gasteiger partial charge in [-0.25, -0.2) is 4.39 Å². The van der Waals surface area contributed by atoms with Gasteiger partial charge in [-0.05, 0) is 44.2 Å². The molecule has 0 radical (unpaired) electrons. The van der Waals surface area contributed by atoms with Gasteiger partial charge in [-0.1, -0.05) is 6.92 Å². The molecule has 0 unspecified atom stereocenters. The smallest absolute Gasteiger partial charge is 0.256 e. The van der Waals surface area contributed by atoms with E-state index in [0.717, 1.165) is 36.3 Å². The van der Waals surface area contributed by atoms with Crippen molar-refractivity contribution in [2.75, 3.05) is 26.8 Å². The fraction of sp³-hybridized carbons (Fsp3) is 0.455. The van der Waals surface area contributed by atoms with Crippen LogP contribution in [-0.4, -0.2) is 42.6 Å². The van der Waals surface area contributed by atoms with Crippen LogP contribution in [0.4, 0.5) is 4.39 Å². The zero-order chi connectivity index (χ0) is 20.1. The van der Waals surface area contributed by atoms with E-state index in [1.54, 1.807) is 18.1 Å². The number of halogens is 1. The van der Waals surface area contributed by atoms with Crippen molar-refractivity contribution in [3.8, 4) is 11.5 Å². The van der Waals surface area contributed by atoms with E-state index < -0.39 is 5.82 Å². The van der Waals surface area contributed by atoms with Crippen LogP contribution in [0, 0.1) is 12.7 Å². The van der Waals surface area contributed by atoms with Gasteiger partial charge >= 0.3 is 0 Å². The van der Waals surface area contributed by atoms with Crippen LogP contribution in [0.1, 0.15) is 53.7 Å². The second-order valence-electron chi connectivity index (χ2n) is 7.12. The van der Waals surface area contributed by atoms with Gasteiger partial charge < -0.3 is 14.4 Å². The second-order valence-corrected chi connectivity index (χ2v) is 7.12. The molecule has 1 aromatic carbocycles. The normalized spacial score (nSPS) is 14.8. The number of likely N-dealkylation sites (tertiary alicyclic amines) is 1. The number of hydrogen-bond donors (Lipinski definition) is 0. The van der Waals surface area contributed by atoms with Crippen LogP contribution >= 0.6 is 0 Å². The number of amides is 1. The Morgan fingerprint density at radius 2 is 2.04 bits per heavy atom. The molecule has 0 atom stereocenters. The Balaban J connectivity index is 1.66. The van der Waals surface area contributed by atoms with Gasteiger partial charge in [0.1, 0.15) is 17.3 Å². The highest BCUT2D eigenvalue weighted by Crippen LogP contribution is 2.34. The monoisotopic (exact) mass is 386 g/mol. The predicted molar refractivity (Wildman–Crippen MR) is 106 cm³/mol. The van der Waals surface area contributed by atoms with Crippen molar-refractivity contribution in [3.63, 3.8) is 0 Å².